The lowest BCUT2D eigenvalue weighted by Crippen LogP contribution is -2.04. The minimum absolute atomic E-state index is 0.0422. The van der Waals surface area contributed by atoms with E-state index < -0.39 is 10.6 Å². The average Bonchev–Trinajstić information content (AvgIpc) is 2.64. The minimum atomic E-state index is -0.609. The molecule has 0 unspecified atom stereocenters. The molecule has 0 saturated carbocycles. The molecule has 0 amide bonds. The first-order valence-electron chi connectivity index (χ1n) is 7.96. The maximum atomic E-state index is 11.6. The van der Waals surface area contributed by atoms with Crippen LogP contribution in [0.2, 0.25) is 10.0 Å². The Morgan fingerprint density at radius 3 is 2.52 bits per heavy atom. The van der Waals surface area contributed by atoms with Crippen molar-refractivity contribution in [3.63, 3.8) is 0 Å². The summed E-state index contributed by atoms with van der Waals surface area (Å²) in [7, 11) is 0. The maximum absolute atomic E-state index is 11.6. The molecule has 0 aliphatic carbocycles. The molecule has 0 aliphatic heterocycles. The number of hydrogen-bond acceptors (Lipinski definition) is 6. The Hall–Kier alpha value is -2.90. The third-order valence-corrected chi connectivity index (χ3v) is 4.25. The van der Waals surface area contributed by atoms with Crippen molar-refractivity contribution < 1.29 is 9.66 Å². The predicted octanol–water partition coefficient (Wildman–Crippen LogP) is 5.79. The molecule has 3 aromatic rings. The molecular weight excluding hydrogens is 391 g/mol. The third kappa shape index (κ3) is 4.45. The van der Waals surface area contributed by atoms with E-state index in [1.165, 1.54) is 12.4 Å². The second-order valence-corrected chi connectivity index (χ2v) is 6.33. The van der Waals surface area contributed by atoms with Crippen LogP contribution < -0.4 is 10.1 Å². The van der Waals surface area contributed by atoms with E-state index in [1.54, 1.807) is 24.3 Å². The van der Waals surface area contributed by atoms with Crippen LogP contribution in [0, 0.1) is 10.1 Å². The number of nitro groups is 1. The zero-order valence-electron chi connectivity index (χ0n) is 14.1. The lowest BCUT2D eigenvalue weighted by molar-refractivity contribution is -0.385. The van der Waals surface area contributed by atoms with E-state index in [1.807, 2.05) is 19.1 Å². The summed E-state index contributed by atoms with van der Waals surface area (Å²) in [5.74, 6) is 0.218. The average molecular weight is 405 g/mol. The first kappa shape index (κ1) is 18.9. The van der Waals surface area contributed by atoms with Gasteiger partial charge in [-0.25, -0.2) is 4.98 Å². The SMILES string of the molecule is CCc1ccc(Oc2ncnc(Nc3ccc(Cl)cc3Cl)c2[N+](=O)[O-])cc1. The van der Waals surface area contributed by atoms with Gasteiger partial charge in [0.25, 0.3) is 0 Å². The van der Waals surface area contributed by atoms with E-state index >= 15 is 0 Å². The van der Waals surface area contributed by atoms with Gasteiger partial charge in [-0.3, -0.25) is 10.1 Å². The van der Waals surface area contributed by atoms with Gasteiger partial charge in [-0.15, -0.1) is 0 Å². The summed E-state index contributed by atoms with van der Waals surface area (Å²) < 4.78 is 5.61. The van der Waals surface area contributed by atoms with Crippen molar-refractivity contribution in [3.05, 3.63) is 74.5 Å². The van der Waals surface area contributed by atoms with Gasteiger partial charge in [0.15, 0.2) is 0 Å². The molecule has 3 rings (SSSR count). The number of nitrogens with one attached hydrogen (secondary N) is 1. The topological polar surface area (TPSA) is 90.2 Å². The van der Waals surface area contributed by atoms with Gasteiger partial charge in [-0.05, 0) is 42.3 Å². The molecule has 0 saturated heterocycles. The fourth-order valence-corrected chi connectivity index (χ4v) is 2.77. The van der Waals surface area contributed by atoms with Crippen molar-refractivity contribution in [2.45, 2.75) is 13.3 Å². The number of rotatable bonds is 6. The number of hydrogen-bond donors (Lipinski definition) is 1. The number of nitrogens with zero attached hydrogens (tertiary/aromatic N) is 3. The Bertz CT molecular complexity index is 981. The highest BCUT2D eigenvalue weighted by Crippen LogP contribution is 2.37. The van der Waals surface area contributed by atoms with Gasteiger partial charge in [-0.1, -0.05) is 42.3 Å². The lowest BCUT2D eigenvalue weighted by atomic mass is 10.2. The van der Waals surface area contributed by atoms with Gasteiger partial charge in [0.2, 0.25) is 5.82 Å². The molecule has 1 N–H and O–H groups in total. The molecule has 0 bridgehead atoms. The fourth-order valence-electron chi connectivity index (χ4n) is 2.32. The molecule has 7 nitrogen and oxygen atoms in total. The summed E-state index contributed by atoms with van der Waals surface area (Å²) >= 11 is 12.0. The zero-order chi connectivity index (χ0) is 19.4. The Morgan fingerprint density at radius 1 is 1.15 bits per heavy atom. The summed E-state index contributed by atoms with van der Waals surface area (Å²) in [5, 5.41) is 15.2. The Labute approximate surface area is 165 Å². The van der Waals surface area contributed by atoms with Crippen molar-refractivity contribution >= 4 is 40.4 Å². The van der Waals surface area contributed by atoms with Gasteiger partial charge < -0.3 is 10.1 Å². The Morgan fingerprint density at radius 2 is 1.89 bits per heavy atom. The third-order valence-electron chi connectivity index (χ3n) is 3.70. The first-order valence-corrected chi connectivity index (χ1v) is 8.71. The van der Waals surface area contributed by atoms with Crippen LogP contribution in [-0.2, 0) is 6.42 Å². The Kier molecular flexibility index (Phi) is 5.73. The van der Waals surface area contributed by atoms with Crippen LogP contribution in [0.5, 0.6) is 11.6 Å². The fraction of sp³-hybridized carbons (Fsp3) is 0.111. The smallest absolute Gasteiger partial charge is 0.373 e. The summed E-state index contributed by atoms with van der Waals surface area (Å²) in [6, 6.07) is 12.0. The molecule has 27 heavy (non-hydrogen) atoms. The van der Waals surface area contributed by atoms with E-state index in [0.717, 1.165) is 12.0 Å². The summed E-state index contributed by atoms with van der Waals surface area (Å²) in [5.41, 5.74) is 1.14. The molecule has 138 valence electrons. The van der Waals surface area contributed by atoms with Crippen LogP contribution in [0.4, 0.5) is 17.2 Å². The normalized spacial score (nSPS) is 10.5. The highest BCUT2D eigenvalue weighted by atomic mass is 35.5. The highest BCUT2D eigenvalue weighted by Gasteiger charge is 2.25. The second-order valence-electron chi connectivity index (χ2n) is 5.48. The second kappa shape index (κ2) is 8.20. The lowest BCUT2D eigenvalue weighted by Gasteiger charge is -2.10. The number of halogens is 2. The quantitative estimate of drug-likeness (QED) is 0.412. The summed E-state index contributed by atoms with van der Waals surface area (Å²) in [6.07, 6.45) is 2.05. The van der Waals surface area contributed by atoms with E-state index in [9.17, 15) is 10.1 Å². The standard InChI is InChI=1S/C18H14Cl2N4O3/c1-2-11-3-6-13(7-4-11)27-18-16(24(25)26)17(21-10-22-18)23-15-8-5-12(19)9-14(15)20/h3-10H,2H2,1H3,(H,21,22,23). The molecule has 1 aromatic heterocycles. The molecule has 0 spiro atoms. The molecule has 0 radical (unpaired) electrons. The highest BCUT2D eigenvalue weighted by molar-refractivity contribution is 6.36. The van der Waals surface area contributed by atoms with Crippen LogP contribution in [0.1, 0.15) is 12.5 Å². The number of anilines is 2. The molecule has 0 aliphatic rings. The number of benzene rings is 2. The van der Waals surface area contributed by atoms with Crippen LogP contribution >= 0.6 is 23.2 Å². The van der Waals surface area contributed by atoms with Crippen molar-refractivity contribution in [1.82, 2.24) is 9.97 Å². The number of aromatic nitrogens is 2. The summed E-state index contributed by atoms with van der Waals surface area (Å²) in [4.78, 5) is 18.9. The molecule has 2 aromatic carbocycles. The first-order chi connectivity index (χ1) is 13.0. The van der Waals surface area contributed by atoms with Crippen molar-refractivity contribution in [1.29, 1.82) is 0 Å². The molecular formula is C18H14Cl2N4O3. The van der Waals surface area contributed by atoms with Crippen LogP contribution in [0.15, 0.2) is 48.8 Å². The van der Waals surface area contributed by atoms with Gasteiger partial charge in [0, 0.05) is 5.02 Å². The van der Waals surface area contributed by atoms with Gasteiger partial charge in [0.05, 0.1) is 15.6 Å². The molecule has 0 atom stereocenters. The van der Waals surface area contributed by atoms with E-state index in [4.69, 9.17) is 27.9 Å². The van der Waals surface area contributed by atoms with Crippen LogP contribution in [0.3, 0.4) is 0 Å². The minimum Gasteiger partial charge on any atom is -0.434 e. The number of aryl methyl sites for hydroxylation is 1. The van der Waals surface area contributed by atoms with Crippen LogP contribution in [0.25, 0.3) is 0 Å². The van der Waals surface area contributed by atoms with Crippen molar-refractivity contribution in [2.24, 2.45) is 0 Å². The van der Waals surface area contributed by atoms with Gasteiger partial charge in [-0.2, -0.15) is 4.98 Å². The monoisotopic (exact) mass is 404 g/mol. The molecule has 9 heteroatoms. The van der Waals surface area contributed by atoms with E-state index in [-0.39, 0.29) is 11.7 Å². The zero-order valence-corrected chi connectivity index (χ0v) is 15.7. The van der Waals surface area contributed by atoms with Gasteiger partial charge in [0.1, 0.15) is 12.1 Å². The maximum Gasteiger partial charge on any atom is 0.373 e. The summed E-state index contributed by atoms with van der Waals surface area (Å²) in [6.45, 7) is 2.03. The van der Waals surface area contributed by atoms with E-state index in [2.05, 4.69) is 15.3 Å². The predicted molar refractivity (Wildman–Crippen MR) is 104 cm³/mol. The molecule has 0 fully saturated rings. The van der Waals surface area contributed by atoms with Crippen LogP contribution in [-0.4, -0.2) is 14.9 Å². The van der Waals surface area contributed by atoms with Crippen molar-refractivity contribution in [3.8, 4) is 11.6 Å². The Balaban J connectivity index is 1.95. The largest absolute Gasteiger partial charge is 0.434 e. The van der Waals surface area contributed by atoms with E-state index in [0.29, 0.717) is 21.5 Å². The van der Waals surface area contributed by atoms with Gasteiger partial charge >= 0.3 is 11.6 Å². The number of ether oxygens (including phenoxy) is 1. The van der Waals surface area contributed by atoms with Crippen molar-refractivity contribution in [2.75, 3.05) is 5.32 Å². The molecule has 1 heterocycles.